The highest BCUT2D eigenvalue weighted by molar-refractivity contribution is 5.98. The molecule has 0 spiro atoms. The van der Waals surface area contributed by atoms with Crippen LogP contribution < -0.4 is 10.6 Å². The third-order valence-corrected chi connectivity index (χ3v) is 6.84. The van der Waals surface area contributed by atoms with E-state index in [1.807, 2.05) is 44.3 Å². The predicted molar refractivity (Wildman–Crippen MR) is 167 cm³/mol. The SMILES string of the molecule is C=C(/C=C(C(=C)c1cc2c(-c3ccccc3F)cncc2[nH]1)\C(=C/C)NC)c1cncc(NC(=C)C(C)(C)C)c1. The summed E-state index contributed by atoms with van der Waals surface area (Å²) in [5.74, 6) is -0.293. The van der Waals surface area contributed by atoms with Crippen LogP contribution in [0, 0.1) is 11.2 Å². The molecule has 0 bridgehead atoms. The number of hydrogen-bond acceptors (Lipinski definition) is 4. The minimum Gasteiger partial charge on any atom is -0.388 e. The van der Waals surface area contributed by atoms with Crippen LogP contribution in [0.3, 0.4) is 0 Å². The molecule has 0 amide bonds. The molecule has 1 aromatic carbocycles. The molecule has 3 aromatic heterocycles. The van der Waals surface area contributed by atoms with Gasteiger partial charge < -0.3 is 15.6 Å². The Bertz CT molecular complexity index is 1660. The first-order valence-electron chi connectivity index (χ1n) is 13.1. The zero-order valence-electron chi connectivity index (χ0n) is 23.8. The summed E-state index contributed by atoms with van der Waals surface area (Å²) in [4.78, 5) is 12.2. The van der Waals surface area contributed by atoms with Crippen molar-refractivity contribution in [3.63, 3.8) is 0 Å². The van der Waals surface area contributed by atoms with Crippen molar-refractivity contribution in [1.82, 2.24) is 20.3 Å². The standard InChI is InChI=1S/C34H36FN5/c1-9-31(36-8)27(14-21(2)24-15-25(18-37-17-24)39-23(4)34(5,6)7)22(3)32-16-28-29(19-38-20-33(28)40-32)26-12-10-11-13-30(26)35/h9-20,36,39-40H,2-4H2,1,5-8H3/b27-14-,31-9+. The number of halogens is 1. The molecule has 0 aliphatic carbocycles. The Balaban J connectivity index is 1.73. The van der Waals surface area contributed by atoms with Crippen molar-refractivity contribution in [3.8, 4) is 11.1 Å². The van der Waals surface area contributed by atoms with E-state index >= 15 is 0 Å². The third-order valence-electron chi connectivity index (χ3n) is 6.84. The number of aromatic nitrogens is 3. The van der Waals surface area contributed by atoms with Gasteiger partial charge in [0, 0.05) is 75.2 Å². The second-order valence-electron chi connectivity index (χ2n) is 10.6. The largest absolute Gasteiger partial charge is 0.388 e. The van der Waals surface area contributed by atoms with E-state index in [0.717, 1.165) is 56.0 Å². The lowest BCUT2D eigenvalue weighted by atomic mass is 9.92. The smallest absolute Gasteiger partial charge is 0.131 e. The Labute approximate surface area is 236 Å². The minimum absolute atomic E-state index is 0.0906. The van der Waals surface area contributed by atoms with Gasteiger partial charge in [0.05, 0.1) is 23.6 Å². The summed E-state index contributed by atoms with van der Waals surface area (Å²) in [6, 6.07) is 10.7. The Morgan fingerprint density at radius 3 is 2.38 bits per heavy atom. The quantitative estimate of drug-likeness (QED) is 0.189. The number of anilines is 1. The maximum Gasteiger partial charge on any atom is 0.131 e. The number of aromatic amines is 1. The molecule has 3 heterocycles. The normalized spacial score (nSPS) is 12.3. The molecule has 0 radical (unpaired) electrons. The topological polar surface area (TPSA) is 65.6 Å². The van der Waals surface area contributed by atoms with Gasteiger partial charge in [0.15, 0.2) is 0 Å². The lowest BCUT2D eigenvalue weighted by molar-refractivity contribution is 0.509. The summed E-state index contributed by atoms with van der Waals surface area (Å²) >= 11 is 0. The van der Waals surface area contributed by atoms with Crippen LogP contribution in [0.5, 0.6) is 0 Å². The first kappa shape index (κ1) is 28.3. The molecule has 204 valence electrons. The van der Waals surface area contributed by atoms with Crippen LogP contribution in [0.4, 0.5) is 10.1 Å². The van der Waals surface area contributed by atoms with Crippen molar-refractivity contribution >= 4 is 27.7 Å². The molecular formula is C34H36FN5. The van der Waals surface area contributed by atoms with E-state index in [1.54, 1.807) is 36.9 Å². The lowest BCUT2D eigenvalue weighted by Gasteiger charge is -2.23. The van der Waals surface area contributed by atoms with E-state index in [-0.39, 0.29) is 11.2 Å². The number of allylic oxidation sites excluding steroid dienone is 5. The van der Waals surface area contributed by atoms with Gasteiger partial charge in [-0.05, 0) is 36.8 Å². The number of H-pyrrole nitrogens is 1. The molecule has 0 saturated carbocycles. The maximum atomic E-state index is 14.7. The fourth-order valence-corrected chi connectivity index (χ4v) is 4.32. The van der Waals surface area contributed by atoms with Gasteiger partial charge in [0.2, 0.25) is 0 Å². The number of likely N-dealkylation sites (N-methyl/N-ethyl adjacent to an activating group) is 1. The highest BCUT2D eigenvalue weighted by atomic mass is 19.1. The molecule has 5 nitrogen and oxygen atoms in total. The third kappa shape index (κ3) is 5.96. The van der Waals surface area contributed by atoms with Crippen LogP contribution in [0.1, 0.15) is 39.0 Å². The van der Waals surface area contributed by atoms with Crippen molar-refractivity contribution in [3.05, 3.63) is 127 Å². The van der Waals surface area contributed by atoms with Gasteiger partial charge in [0.1, 0.15) is 5.82 Å². The molecule has 0 unspecified atom stereocenters. The average Bonchev–Trinajstić information content (AvgIpc) is 3.37. The van der Waals surface area contributed by atoms with E-state index in [1.165, 1.54) is 6.07 Å². The van der Waals surface area contributed by atoms with Gasteiger partial charge in [-0.3, -0.25) is 9.97 Å². The van der Waals surface area contributed by atoms with Crippen LogP contribution in [0.15, 0.2) is 110 Å². The van der Waals surface area contributed by atoms with Crippen molar-refractivity contribution in [2.24, 2.45) is 5.41 Å². The first-order valence-corrected chi connectivity index (χ1v) is 13.1. The molecule has 40 heavy (non-hydrogen) atoms. The Kier molecular flexibility index (Phi) is 8.19. The molecular weight excluding hydrogens is 497 g/mol. The van der Waals surface area contributed by atoms with Crippen molar-refractivity contribution < 1.29 is 4.39 Å². The Morgan fingerprint density at radius 2 is 1.70 bits per heavy atom. The molecule has 4 rings (SSSR count). The number of nitrogens with zero attached hydrogens (tertiary/aromatic N) is 2. The van der Waals surface area contributed by atoms with Gasteiger partial charge in [-0.15, -0.1) is 0 Å². The van der Waals surface area contributed by atoms with Gasteiger partial charge in [-0.2, -0.15) is 0 Å². The molecule has 0 atom stereocenters. The van der Waals surface area contributed by atoms with E-state index in [9.17, 15) is 4.39 Å². The summed E-state index contributed by atoms with van der Waals surface area (Å²) in [6.07, 6.45) is 11.0. The van der Waals surface area contributed by atoms with Gasteiger partial charge in [0.25, 0.3) is 0 Å². The van der Waals surface area contributed by atoms with E-state index < -0.39 is 0 Å². The van der Waals surface area contributed by atoms with E-state index in [0.29, 0.717) is 11.1 Å². The van der Waals surface area contributed by atoms with Crippen LogP contribution in [-0.2, 0) is 0 Å². The molecule has 0 aliphatic heterocycles. The van der Waals surface area contributed by atoms with Crippen molar-refractivity contribution in [2.75, 3.05) is 12.4 Å². The van der Waals surface area contributed by atoms with Gasteiger partial charge >= 0.3 is 0 Å². The number of pyridine rings is 2. The summed E-state index contributed by atoms with van der Waals surface area (Å²) in [7, 11) is 1.87. The highest BCUT2D eigenvalue weighted by Crippen LogP contribution is 2.35. The van der Waals surface area contributed by atoms with Gasteiger partial charge in [-0.1, -0.05) is 64.8 Å². The number of nitrogens with one attached hydrogen (secondary N) is 3. The fraction of sp³-hybridized carbons (Fsp3) is 0.176. The van der Waals surface area contributed by atoms with Crippen LogP contribution in [0.25, 0.3) is 33.2 Å². The number of hydrogen-bond donors (Lipinski definition) is 3. The van der Waals surface area contributed by atoms with Crippen molar-refractivity contribution in [2.45, 2.75) is 27.7 Å². The van der Waals surface area contributed by atoms with E-state index in [4.69, 9.17) is 0 Å². The summed E-state index contributed by atoms with van der Waals surface area (Å²) in [5, 5.41) is 7.50. The summed E-state index contributed by atoms with van der Waals surface area (Å²) in [5.41, 5.74) is 8.60. The molecule has 4 aromatic rings. The number of rotatable bonds is 9. The molecule has 0 saturated heterocycles. The zero-order chi connectivity index (χ0) is 29.0. The summed E-state index contributed by atoms with van der Waals surface area (Å²) < 4.78 is 14.7. The molecule has 0 aliphatic rings. The van der Waals surface area contributed by atoms with E-state index in [2.05, 4.69) is 66.1 Å². The lowest BCUT2D eigenvalue weighted by Crippen LogP contribution is -2.15. The number of fused-ring (bicyclic) bond motifs is 1. The van der Waals surface area contributed by atoms with Crippen molar-refractivity contribution in [1.29, 1.82) is 0 Å². The molecule has 6 heteroatoms. The second kappa shape index (κ2) is 11.6. The minimum atomic E-state index is -0.293. The fourth-order valence-electron chi connectivity index (χ4n) is 4.32. The molecule has 3 N–H and O–H groups in total. The first-order chi connectivity index (χ1) is 19.0. The van der Waals surface area contributed by atoms with Crippen LogP contribution in [0.2, 0.25) is 0 Å². The van der Waals surface area contributed by atoms with Crippen LogP contribution >= 0.6 is 0 Å². The molecule has 0 fully saturated rings. The maximum absolute atomic E-state index is 14.7. The van der Waals surface area contributed by atoms with Gasteiger partial charge in [-0.25, -0.2) is 4.39 Å². The van der Waals surface area contributed by atoms with Crippen LogP contribution in [-0.4, -0.2) is 22.0 Å². The monoisotopic (exact) mass is 533 g/mol. The summed E-state index contributed by atoms with van der Waals surface area (Å²) in [6.45, 7) is 21.2. The second-order valence-corrected chi connectivity index (χ2v) is 10.6. The Hall–Kier alpha value is -4.71. The zero-order valence-corrected chi connectivity index (χ0v) is 23.8. The predicted octanol–water partition coefficient (Wildman–Crippen LogP) is 8.51. The highest BCUT2D eigenvalue weighted by Gasteiger charge is 2.18. The number of benzene rings is 1. The Morgan fingerprint density at radius 1 is 0.975 bits per heavy atom. The average molecular weight is 534 g/mol.